The molecule has 0 saturated heterocycles. The van der Waals surface area contributed by atoms with E-state index in [0.29, 0.717) is 13.0 Å². The van der Waals surface area contributed by atoms with Crippen LogP contribution in [0.2, 0.25) is 0 Å². The predicted octanol–water partition coefficient (Wildman–Crippen LogP) is 1.89. The molecule has 0 bridgehead atoms. The molecular formula is C14H16N4O. The molecule has 0 aliphatic carbocycles. The maximum Gasteiger partial charge on any atom is 0.164 e. The zero-order valence-electron chi connectivity index (χ0n) is 10.9. The molecule has 3 rings (SSSR count). The Morgan fingerprint density at radius 1 is 1.32 bits per heavy atom. The predicted molar refractivity (Wildman–Crippen MR) is 72.1 cm³/mol. The van der Waals surface area contributed by atoms with Gasteiger partial charge in [-0.3, -0.25) is 4.79 Å². The lowest BCUT2D eigenvalue weighted by molar-refractivity contribution is 0.0988. The zero-order valence-corrected chi connectivity index (χ0v) is 10.9. The molecule has 0 N–H and O–H groups in total. The Hall–Kier alpha value is -2.17. The van der Waals surface area contributed by atoms with Gasteiger partial charge in [-0.15, -0.1) is 10.2 Å². The van der Waals surface area contributed by atoms with E-state index in [9.17, 15) is 4.79 Å². The van der Waals surface area contributed by atoms with Gasteiger partial charge in [0.25, 0.3) is 0 Å². The number of carbonyl (C=O) groups is 1. The second-order valence-electron chi connectivity index (χ2n) is 4.66. The summed E-state index contributed by atoms with van der Waals surface area (Å²) in [6.45, 7) is 4.33. The van der Waals surface area contributed by atoms with Crippen LogP contribution < -0.4 is 4.90 Å². The molecule has 1 aromatic carbocycles. The monoisotopic (exact) mass is 256 g/mol. The normalized spacial score (nSPS) is 14.3. The molecule has 0 radical (unpaired) electrons. The van der Waals surface area contributed by atoms with E-state index in [1.165, 1.54) is 0 Å². The molecule has 0 unspecified atom stereocenters. The van der Waals surface area contributed by atoms with Crippen molar-refractivity contribution in [1.82, 2.24) is 14.8 Å². The van der Waals surface area contributed by atoms with Crippen LogP contribution >= 0.6 is 0 Å². The van der Waals surface area contributed by atoms with Crippen LogP contribution in [0.15, 0.2) is 30.6 Å². The first kappa shape index (κ1) is 11.9. The highest BCUT2D eigenvalue weighted by molar-refractivity contribution is 6.01. The SMILES string of the molecule is CCC(=O)c1ccccc1N1CCn2cnnc2C1. The maximum absolute atomic E-state index is 12.0. The average Bonchev–Trinajstić information content (AvgIpc) is 2.93. The van der Waals surface area contributed by atoms with E-state index >= 15 is 0 Å². The van der Waals surface area contributed by atoms with Crippen molar-refractivity contribution < 1.29 is 4.79 Å². The summed E-state index contributed by atoms with van der Waals surface area (Å²) in [7, 11) is 0. The molecule has 19 heavy (non-hydrogen) atoms. The third-order valence-electron chi connectivity index (χ3n) is 3.51. The Morgan fingerprint density at radius 2 is 2.16 bits per heavy atom. The van der Waals surface area contributed by atoms with Gasteiger partial charge in [0, 0.05) is 30.8 Å². The van der Waals surface area contributed by atoms with Gasteiger partial charge >= 0.3 is 0 Å². The molecule has 0 amide bonds. The van der Waals surface area contributed by atoms with Crippen molar-refractivity contribution in [2.45, 2.75) is 26.4 Å². The largest absolute Gasteiger partial charge is 0.362 e. The summed E-state index contributed by atoms with van der Waals surface area (Å²) in [5, 5.41) is 8.04. The van der Waals surface area contributed by atoms with Crippen LogP contribution in [0.3, 0.4) is 0 Å². The van der Waals surface area contributed by atoms with Crippen LogP contribution in [-0.4, -0.2) is 27.1 Å². The third-order valence-corrected chi connectivity index (χ3v) is 3.51. The fourth-order valence-electron chi connectivity index (χ4n) is 2.45. The summed E-state index contributed by atoms with van der Waals surface area (Å²) in [6, 6.07) is 7.80. The summed E-state index contributed by atoms with van der Waals surface area (Å²) in [5.74, 6) is 1.13. The molecule has 5 nitrogen and oxygen atoms in total. The molecule has 98 valence electrons. The van der Waals surface area contributed by atoms with E-state index in [2.05, 4.69) is 19.7 Å². The summed E-state index contributed by atoms with van der Waals surface area (Å²) in [4.78, 5) is 14.2. The molecule has 1 aromatic heterocycles. The van der Waals surface area contributed by atoms with Crippen molar-refractivity contribution in [2.24, 2.45) is 0 Å². The summed E-state index contributed by atoms with van der Waals surface area (Å²) >= 11 is 0. The van der Waals surface area contributed by atoms with Gasteiger partial charge in [-0.25, -0.2) is 0 Å². The molecule has 0 spiro atoms. The second kappa shape index (κ2) is 4.84. The molecule has 5 heteroatoms. The zero-order chi connectivity index (χ0) is 13.2. The number of hydrogen-bond acceptors (Lipinski definition) is 4. The number of carbonyl (C=O) groups excluding carboxylic acids is 1. The summed E-state index contributed by atoms with van der Waals surface area (Å²) in [6.07, 6.45) is 2.29. The van der Waals surface area contributed by atoms with Crippen LogP contribution in [0.5, 0.6) is 0 Å². The fraction of sp³-hybridized carbons (Fsp3) is 0.357. The molecule has 0 fully saturated rings. The van der Waals surface area contributed by atoms with Crippen LogP contribution in [-0.2, 0) is 13.1 Å². The molecule has 0 atom stereocenters. The van der Waals surface area contributed by atoms with Crippen molar-refractivity contribution in [3.05, 3.63) is 42.0 Å². The molecule has 1 aliphatic rings. The lowest BCUT2D eigenvalue weighted by Crippen LogP contribution is -2.34. The van der Waals surface area contributed by atoms with E-state index in [1.54, 1.807) is 6.33 Å². The quantitative estimate of drug-likeness (QED) is 0.787. The van der Waals surface area contributed by atoms with Crippen molar-refractivity contribution in [2.75, 3.05) is 11.4 Å². The number of rotatable bonds is 3. The van der Waals surface area contributed by atoms with Crippen molar-refractivity contribution >= 4 is 11.5 Å². The minimum Gasteiger partial charge on any atom is -0.362 e. The highest BCUT2D eigenvalue weighted by Crippen LogP contribution is 2.25. The number of Topliss-reactive ketones (excluding diaryl/α,β-unsaturated/α-hetero) is 1. The minimum atomic E-state index is 0.183. The number of nitrogens with zero attached hydrogens (tertiary/aromatic N) is 4. The van der Waals surface area contributed by atoms with Gasteiger partial charge in [-0.05, 0) is 12.1 Å². The molecular weight excluding hydrogens is 240 g/mol. The molecule has 2 heterocycles. The smallest absolute Gasteiger partial charge is 0.164 e. The van der Waals surface area contributed by atoms with Crippen molar-refractivity contribution in [3.8, 4) is 0 Å². The number of benzene rings is 1. The highest BCUT2D eigenvalue weighted by atomic mass is 16.1. The van der Waals surface area contributed by atoms with Crippen LogP contribution in [0, 0.1) is 0 Å². The number of anilines is 1. The Balaban J connectivity index is 1.94. The number of aromatic nitrogens is 3. The second-order valence-corrected chi connectivity index (χ2v) is 4.66. The molecule has 0 saturated carbocycles. The first-order valence-corrected chi connectivity index (χ1v) is 6.53. The topological polar surface area (TPSA) is 51.0 Å². The molecule has 2 aromatic rings. The van der Waals surface area contributed by atoms with E-state index in [1.807, 2.05) is 31.2 Å². The van der Waals surface area contributed by atoms with Crippen LogP contribution in [0.4, 0.5) is 5.69 Å². The standard InChI is InChI=1S/C14H16N4O/c1-2-13(19)11-5-3-4-6-12(11)17-7-8-18-10-15-16-14(18)9-17/h3-6,10H,2,7-9H2,1H3. The third kappa shape index (κ3) is 2.12. The summed E-state index contributed by atoms with van der Waals surface area (Å²) < 4.78 is 2.06. The van der Waals surface area contributed by atoms with Gasteiger partial charge in [0.15, 0.2) is 11.6 Å². The van der Waals surface area contributed by atoms with Crippen LogP contribution in [0.1, 0.15) is 29.5 Å². The van der Waals surface area contributed by atoms with E-state index < -0.39 is 0 Å². The van der Waals surface area contributed by atoms with Gasteiger partial charge < -0.3 is 9.47 Å². The fourth-order valence-corrected chi connectivity index (χ4v) is 2.45. The van der Waals surface area contributed by atoms with Crippen LogP contribution in [0.25, 0.3) is 0 Å². The van der Waals surface area contributed by atoms with E-state index in [0.717, 1.165) is 30.2 Å². The highest BCUT2D eigenvalue weighted by Gasteiger charge is 2.21. The first-order valence-electron chi connectivity index (χ1n) is 6.53. The maximum atomic E-state index is 12.0. The van der Waals surface area contributed by atoms with Gasteiger partial charge in [0.1, 0.15) is 6.33 Å². The number of fused-ring (bicyclic) bond motifs is 1. The Kier molecular flexibility index (Phi) is 3.03. The molecule has 1 aliphatic heterocycles. The lowest BCUT2D eigenvalue weighted by Gasteiger charge is -2.30. The minimum absolute atomic E-state index is 0.183. The lowest BCUT2D eigenvalue weighted by atomic mass is 10.1. The Bertz CT molecular complexity index is 605. The van der Waals surface area contributed by atoms with Crippen molar-refractivity contribution in [1.29, 1.82) is 0 Å². The van der Waals surface area contributed by atoms with Gasteiger partial charge in [0.2, 0.25) is 0 Å². The van der Waals surface area contributed by atoms with Gasteiger partial charge in [0.05, 0.1) is 6.54 Å². The number of hydrogen-bond donors (Lipinski definition) is 0. The average molecular weight is 256 g/mol. The Labute approximate surface area is 111 Å². The van der Waals surface area contributed by atoms with Crippen molar-refractivity contribution in [3.63, 3.8) is 0 Å². The van der Waals surface area contributed by atoms with Gasteiger partial charge in [-0.1, -0.05) is 19.1 Å². The summed E-state index contributed by atoms with van der Waals surface area (Å²) in [5.41, 5.74) is 1.81. The van der Waals surface area contributed by atoms with E-state index in [4.69, 9.17) is 0 Å². The van der Waals surface area contributed by atoms with E-state index in [-0.39, 0.29) is 5.78 Å². The Morgan fingerprint density at radius 3 is 3.00 bits per heavy atom. The number of para-hydroxylation sites is 1. The van der Waals surface area contributed by atoms with Gasteiger partial charge in [-0.2, -0.15) is 0 Å². The first-order chi connectivity index (χ1) is 9.29. The number of ketones is 1.